The van der Waals surface area contributed by atoms with Gasteiger partial charge in [0.05, 0.1) is 0 Å². The molecule has 4 nitrogen and oxygen atoms in total. The molecule has 0 radical (unpaired) electrons. The fourth-order valence-corrected chi connectivity index (χ4v) is 6.00. The van der Waals surface area contributed by atoms with Crippen LogP contribution in [0.1, 0.15) is 130 Å². The van der Waals surface area contributed by atoms with E-state index in [1.54, 1.807) is 0 Å². The molecule has 239 valence electrons. The molecular formula is C32H64Cl2N4Rh-4. The van der Waals surface area contributed by atoms with E-state index >= 15 is 0 Å². The van der Waals surface area contributed by atoms with Gasteiger partial charge in [-0.15, -0.1) is 52.4 Å². The number of piperidine rings is 4. The SMILES string of the molecule is CCCC1CC[N-]CC1.CCCC1CC[N-]CC1.CCCC1CC[N-]CC1.CCCC1CC[N-]CC1.[Cl][Rh][Cl]. The summed E-state index contributed by atoms with van der Waals surface area (Å²) in [6, 6.07) is 0. The molecule has 39 heavy (non-hydrogen) atoms. The molecule has 0 unspecified atom stereocenters. The van der Waals surface area contributed by atoms with Gasteiger partial charge in [0.25, 0.3) is 0 Å². The van der Waals surface area contributed by atoms with Gasteiger partial charge < -0.3 is 21.3 Å². The third-order valence-corrected chi connectivity index (χ3v) is 8.35. The molecular weight excluding hydrogens is 614 g/mol. The Morgan fingerprint density at radius 2 is 0.564 bits per heavy atom. The summed E-state index contributed by atoms with van der Waals surface area (Å²) in [6.07, 6.45) is 22.0. The predicted molar refractivity (Wildman–Crippen MR) is 175 cm³/mol. The van der Waals surface area contributed by atoms with Crippen LogP contribution in [0.5, 0.6) is 0 Å². The summed E-state index contributed by atoms with van der Waals surface area (Å²) < 4.78 is 0. The number of rotatable bonds is 8. The van der Waals surface area contributed by atoms with E-state index in [9.17, 15) is 0 Å². The normalized spacial score (nSPS) is 21.2. The van der Waals surface area contributed by atoms with Gasteiger partial charge in [-0.2, -0.15) is 0 Å². The molecule has 0 N–H and O–H groups in total. The summed E-state index contributed by atoms with van der Waals surface area (Å²) in [4.78, 5) is 0. The van der Waals surface area contributed by atoms with Gasteiger partial charge >= 0.3 is 34.5 Å². The molecule has 4 fully saturated rings. The van der Waals surface area contributed by atoms with E-state index in [0.717, 1.165) is 76.0 Å². The molecule has 0 aromatic heterocycles. The van der Waals surface area contributed by atoms with Crippen LogP contribution in [-0.4, -0.2) is 52.4 Å². The Morgan fingerprint density at radius 3 is 0.692 bits per heavy atom. The fourth-order valence-electron chi connectivity index (χ4n) is 6.00. The molecule has 0 aromatic rings. The molecule has 7 heteroatoms. The zero-order valence-electron chi connectivity index (χ0n) is 26.2. The zero-order valence-corrected chi connectivity index (χ0v) is 29.3. The number of halogens is 2. The van der Waals surface area contributed by atoms with Gasteiger partial charge in [-0.3, -0.25) is 0 Å². The third-order valence-electron chi connectivity index (χ3n) is 8.35. The van der Waals surface area contributed by atoms with Crippen LogP contribution in [0.15, 0.2) is 0 Å². The van der Waals surface area contributed by atoms with Gasteiger partial charge in [0.15, 0.2) is 0 Å². The van der Waals surface area contributed by atoms with Gasteiger partial charge in [0, 0.05) is 0 Å². The molecule has 4 heterocycles. The number of hydrogen-bond donors (Lipinski definition) is 0. The summed E-state index contributed by atoms with van der Waals surface area (Å²) >= 11 is -0.226. The first-order valence-electron chi connectivity index (χ1n) is 16.5. The van der Waals surface area contributed by atoms with E-state index in [2.05, 4.69) is 49.0 Å². The van der Waals surface area contributed by atoms with Crippen LogP contribution in [-0.2, 0) is 15.1 Å². The first-order chi connectivity index (χ1) is 19.1. The summed E-state index contributed by atoms with van der Waals surface area (Å²) in [5.41, 5.74) is 0. The van der Waals surface area contributed by atoms with Crippen LogP contribution >= 0.6 is 19.4 Å². The van der Waals surface area contributed by atoms with E-state index in [0.29, 0.717) is 0 Å². The van der Waals surface area contributed by atoms with Crippen molar-refractivity contribution >= 4 is 19.4 Å². The second kappa shape index (κ2) is 32.0. The molecule has 0 spiro atoms. The van der Waals surface area contributed by atoms with Crippen molar-refractivity contribution in [2.24, 2.45) is 23.7 Å². The quantitative estimate of drug-likeness (QED) is 0.230. The van der Waals surface area contributed by atoms with E-state index < -0.39 is 0 Å². The Kier molecular flexibility index (Phi) is 32.8. The molecule has 4 saturated heterocycles. The minimum absolute atomic E-state index is 0.226. The molecule has 0 atom stereocenters. The molecule has 0 aliphatic carbocycles. The Morgan fingerprint density at radius 1 is 0.410 bits per heavy atom. The van der Waals surface area contributed by atoms with E-state index in [1.165, 1.54) is 103 Å². The van der Waals surface area contributed by atoms with Gasteiger partial charge in [-0.25, -0.2) is 0 Å². The Labute approximate surface area is 261 Å². The molecule has 4 aliphatic heterocycles. The van der Waals surface area contributed by atoms with Crippen LogP contribution in [0.3, 0.4) is 0 Å². The second-order valence-electron chi connectivity index (χ2n) is 11.7. The molecule has 0 bridgehead atoms. The summed E-state index contributed by atoms with van der Waals surface area (Å²) in [7, 11) is 9.67. The first-order valence-corrected chi connectivity index (χ1v) is 20.7. The van der Waals surface area contributed by atoms with Gasteiger partial charge in [0.1, 0.15) is 0 Å². The maximum absolute atomic E-state index is 4.83. The van der Waals surface area contributed by atoms with E-state index in [1.807, 2.05) is 0 Å². The molecule has 0 amide bonds. The average Bonchev–Trinajstić information content (AvgIpc) is 2.98. The van der Waals surface area contributed by atoms with Crippen LogP contribution in [0.2, 0.25) is 0 Å². The average molecular weight is 679 g/mol. The first kappa shape index (κ1) is 40.0. The molecule has 0 saturated carbocycles. The van der Waals surface area contributed by atoms with Crippen LogP contribution in [0, 0.1) is 23.7 Å². The topological polar surface area (TPSA) is 56.4 Å². The van der Waals surface area contributed by atoms with Crippen molar-refractivity contribution in [2.45, 2.75) is 130 Å². The van der Waals surface area contributed by atoms with Crippen LogP contribution < -0.4 is 0 Å². The predicted octanol–water partition coefficient (Wildman–Crippen LogP) is 11.7. The van der Waals surface area contributed by atoms with Crippen molar-refractivity contribution in [1.29, 1.82) is 0 Å². The zero-order chi connectivity index (χ0) is 28.8. The Balaban J connectivity index is 0.000000477. The van der Waals surface area contributed by atoms with E-state index in [-0.39, 0.29) is 15.1 Å². The number of hydrogen-bond acceptors (Lipinski definition) is 0. The maximum atomic E-state index is 4.83. The van der Waals surface area contributed by atoms with Crippen molar-refractivity contribution in [3.8, 4) is 0 Å². The van der Waals surface area contributed by atoms with Crippen LogP contribution in [0.25, 0.3) is 21.3 Å². The van der Waals surface area contributed by atoms with Gasteiger partial charge in [0.2, 0.25) is 0 Å². The molecule has 4 rings (SSSR count). The summed E-state index contributed by atoms with van der Waals surface area (Å²) in [5.74, 6) is 4.03. The number of nitrogens with zero attached hydrogens (tertiary/aromatic N) is 4. The van der Waals surface area contributed by atoms with Crippen molar-refractivity contribution in [3.63, 3.8) is 0 Å². The second-order valence-corrected chi connectivity index (χ2v) is 14.1. The summed E-state index contributed by atoms with van der Waals surface area (Å²) in [6.45, 7) is 18.1. The summed E-state index contributed by atoms with van der Waals surface area (Å²) in [5, 5.41) is 17.2. The minimum atomic E-state index is -0.226. The Bertz CT molecular complexity index is 360. The Hall–Kier alpha value is 1.04. The molecule has 4 aliphatic rings. The van der Waals surface area contributed by atoms with Crippen molar-refractivity contribution in [1.82, 2.24) is 0 Å². The van der Waals surface area contributed by atoms with Crippen molar-refractivity contribution < 1.29 is 15.1 Å². The van der Waals surface area contributed by atoms with Gasteiger partial charge in [-0.05, 0) is 23.7 Å². The third kappa shape index (κ3) is 26.4. The monoisotopic (exact) mass is 677 g/mol. The van der Waals surface area contributed by atoms with Crippen molar-refractivity contribution in [3.05, 3.63) is 21.3 Å². The van der Waals surface area contributed by atoms with E-state index in [4.69, 9.17) is 19.4 Å². The van der Waals surface area contributed by atoms with Crippen LogP contribution in [0.4, 0.5) is 0 Å². The fraction of sp³-hybridized carbons (Fsp3) is 1.00. The van der Waals surface area contributed by atoms with Gasteiger partial charge in [-0.1, -0.05) is 130 Å². The standard InChI is InChI=1S/4C8H16N.2ClH.Rh/c4*1-2-3-8-4-6-9-7-5-8;;;/h4*8H,2-7H2,1H3;2*1H;/q4*-1;;;+2/p-2. The molecule has 0 aromatic carbocycles. The van der Waals surface area contributed by atoms with Crippen molar-refractivity contribution in [2.75, 3.05) is 52.4 Å².